The first kappa shape index (κ1) is 21.8. The number of alkyl halides is 2. The van der Waals surface area contributed by atoms with Gasteiger partial charge in [0.2, 0.25) is 16.0 Å². The lowest BCUT2D eigenvalue weighted by molar-refractivity contribution is 0.149. The Balaban J connectivity index is 1.62. The minimum atomic E-state index is -3.44. The van der Waals surface area contributed by atoms with Crippen LogP contribution in [-0.2, 0) is 10.0 Å². The average molecular weight is 454 g/mol. The zero-order valence-corrected chi connectivity index (χ0v) is 17.8. The van der Waals surface area contributed by atoms with Crippen LogP contribution >= 0.6 is 0 Å². The lowest BCUT2D eigenvalue weighted by atomic mass is 10.1. The Morgan fingerprint density at radius 2 is 1.87 bits per heavy atom. The van der Waals surface area contributed by atoms with Gasteiger partial charge in [0.05, 0.1) is 5.56 Å². The molecule has 31 heavy (non-hydrogen) atoms. The smallest absolute Gasteiger partial charge is 0.269 e. The summed E-state index contributed by atoms with van der Waals surface area (Å²) in [4.78, 5) is 21.6. The summed E-state index contributed by atoms with van der Waals surface area (Å²) in [6.45, 7) is 4.05. The van der Waals surface area contributed by atoms with Crippen LogP contribution in [0, 0.1) is 0 Å². The van der Waals surface area contributed by atoms with Gasteiger partial charge in [-0.3, -0.25) is 9.36 Å². The highest BCUT2D eigenvalue weighted by Crippen LogP contribution is 2.32. The normalized spacial score (nSPS) is 19.3. The highest BCUT2D eigenvalue weighted by molar-refractivity contribution is 7.92. The fourth-order valence-electron chi connectivity index (χ4n) is 4.41. The maximum atomic E-state index is 13.4. The van der Waals surface area contributed by atoms with Crippen LogP contribution in [0.2, 0.25) is 0 Å². The number of hydrogen-bond donors (Lipinski definition) is 1. The molecule has 1 saturated carbocycles. The van der Waals surface area contributed by atoms with Crippen molar-refractivity contribution in [2.75, 3.05) is 18.4 Å². The number of piperidine rings is 1. The number of halogens is 2. The number of pyridine rings is 1. The Morgan fingerprint density at radius 1 is 1.19 bits per heavy atom. The average Bonchev–Trinajstić information content (AvgIpc) is 3.28. The van der Waals surface area contributed by atoms with Gasteiger partial charge >= 0.3 is 0 Å². The summed E-state index contributed by atoms with van der Waals surface area (Å²) in [5.41, 5.74) is -0.869. The van der Waals surface area contributed by atoms with Crippen LogP contribution in [0.3, 0.4) is 0 Å². The lowest BCUT2D eigenvalue weighted by Gasteiger charge is -2.30. The van der Waals surface area contributed by atoms with Crippen LogP contribution in [0.4, 0.5) is 14.7 Å². The summed E-state index contributed by atoms with van der Waals surface area (Å²) < 4.78 is 53.5. The van der Waals surface area contributed by atoms with Crippen molar-refractivity contribution in [3.63, 3.8) is 0 Å². The van der Waals surface area contributed by atoms with Crippen molar-refractivity contribution >= 4 is 27.0 Å². The van der Waals surface area contributed by atoms with Gasteiger partial charge in [0.15, 0.2) is 0 Å². The largest absolute Gasteiger partial charge is 0.351 e. The quantitative estimate of drug-likeness (QED) is 0.722. The third-order valence-corrected chi connectivity index (χ3v) is 7.59. The number of nitrogens with one attached hydrogen (secondary N) is 1. The lowest BCUT2D eigenvalue weighted by Crippen LogP contribution is -2.41. The highest BCUT2D eigenvalue weighted by atomic mass is 32.2. The monoisotopic (exact) mass is 453 g/mol. The van der Waals surface area contributed by atoms with E-state index in [4.69, 9.17) is 0 Å². The first-order valence-corrected chi connectivity index (χ1v) is 11.9. The standard InChI is InChI=1S/C20H25F2N5O3S/c1-2-31(29,30)26-9-7-14(8-10-26)24-20-23-12-13-11-16(17(21)22)19(28)27(18(13)25-20)15-5-3-4-6-15/h2,11-12,14-15,17H,1,3-10H2,(H,23,24,25). The Kier molecular flexibility index (Phi) is 6.07. The fraction of sp³-hybridized carbons (Fsp3) is 0.550. The van der Waals surface area contributed by atoms with Crippen molar-refractivity contribution in [2.24, 2.45) is 0 Å². The van der Waals surface area contributed by atoms with Gasteiger partial charge in [0.25, 0.3) is 12.0 Å². The first-order valence-electron chi connectivity index (χ1n) is 10.4. The number of aromatic nitrogens is 3. The summed E-state index contributed by atoms with van der Waals surface area (Å²) in [5.74, 6) is 0.300. The minimum Gasteiger partial charge on any atom is -0.351 e. The van der Waals surface area contributed by atoms with Crippen LogP contribution in [-0.4, -0.2) is 46.4 Å². The van der Waals surface area contributed by atoms with E-state index in [1.807, 2.05) is 0 Å². The van der Waals surface area contributed by atoms with Gasteiger partial charge in [-0.05, 0) is 31.7 Å². The molecular weight excluding hydrogens is 428 g/mol. The van der Waals surface area contributed by atoms with Crippen molar-refractivity contribution < 1.29 is 17.2 Å². The van der Waals surface area contributed by atoms with E-state index in [0.29, 0.717) is 42.9 Å². The van der Waals surface area contributed by atoms with Gasteiger partial charge < -0.3 is 5.32 Å². The molecule has 0 radical (unpaired) electrons. The fourth-order valence-corrected chi connectivity index (χ4v) is 5.34. The summed E-state index contributed by atoms with van der Waals surface area (Å²) in [7, 11) is -3.44. The molecule has 0 bridgehead atoms. The maximum Gasteiger partial charge on any atom is 0.269 e. The second kappa shape index (κ2) is 8.62. The molecule has 168 valence electrons. The molecule has 11 heteroatoms. The van der Waals surface area contributed by atoms with Crippen molar-refractivity contribution in [3.8, 4) is 0 Å². The maximum absolute atomic E-state index is 13.4. The molecule has 2 fully saturated rings. The number of anilines is 1. The third kappa shape index (κ3) is 4.33. The molecule has 2 aromatic rings. The number of nitrogens with zero attached hydrogens (tertiary/aromatic N) is 4. The summed E-state index contributed by atoms with van der Waals surface area (Å²) in [6.07, 6.45) is 3.12. The van der Waals surface area contributed by atoms with Gasteiger partial charge in [0, 0.05) is 42.2 Å². The Labute approximate surface area is 179 Å². The van der Waals surface area contributed by atoms with Crippen molar-refractivity contribution in [2.45, 2.75) is 57.0 Å². The molecule has 2 aliphatic rings. The molecule has 0 aromatic carbocycles. The molecule has 0 atom stereocenters. The Bertz CT molecular complexity index is 1140. The topological polar surface area (TPSA) is 97.2 Å². The number of hydrogen-bond acceptors (Lipinski definition) is 6. The minimum absolute atomic E-state index is 0.0410. The molecule has 1 saturated heterocycles. The van der Waals surface area contributed by atoms with Crippen LogP contribution < -0.4 is 10.9 Å². The van der Waals surface area contributed by atoms with Gasteiger partial charge in [-0.15, -0.1) is 0 Å². The van der Waals surface area contributed by atoms with Gasteiger partial charge in [-0.2, -0.15) is 9.29 Å². The van der Waals surface area contributed by atoms with Crippen LogP contribution in [0.25, 0.3) is 11.0 Å². The Morgan fingerprint density at radius 3 is 2.48 bits per heavy atom. The molecule has 4 rings (SSSR count). The summed E-state index contributed by atoms with van der Waals surface area (Å²) >= 11 is 0. The molecule has 0 amide bonds. The molecule has 1 aliphatic heterocycles. The number of sulfonamides is 1. The van der Waals surface area contributed by atoms with Crippen LogP contribution in [0.15, 0.2) is 29.0 Å². The van der Waals surface area contributed by atoms with E-state index in [1.165, 1.54) is 21.1 Å². The van der Waals surface area contributed by atoms with Crippen LogP contribution in [0.1, 0.15) is 56.6 Å². The van der Waals surface area contributed by atoms with E-state index in [9.17, 15) is 22.0 Å². The number of fused-ring (bicyclic) bond motifs is 1. The van der Waals surface area contributed by atoms with E-state index >= 15 is 0 Å². The molecule has 3 heterocycles. The molecule has 0 unspecified atom stereocenters. The Hall–Kier alpha value is -2.40. The molecule has 0 spiro atoms. The van der Waals surface area contributed by atoms with E-state index < -0.39 is 27.6 Å². The van der Waals surface area contributed by atoms with Crippen molar-refractivity contribution in [1.29, 1.82) is 0 Å². The predicted octanol–water partition coefficient (Wildman–Crippen LogP) is 3.19. The molecule has 1 aliphatic carbocycles. The molecule has 1 N–H and O–H groups in total. The van der Waals surface area contributed by atoms with E-state index in [-0.39, 0.29) is 12.1 Å². The molecule has 8 nitrogen and oxygen atoms in total. The van der Waals surface area contributed by atoms with Gasteiger partial charge in [-0.1, -0.05) is 19.4 Å². The van der Waals surface area contributed by atoms with E-state index in [0.717, 1.165) is 31.1 Å². The predicted molar refractivity (Wildman–Crippen MR) is 114 cm³/mol. The summed E-state index contributed by atoms with van der Waals surface area (Å²) in [5, 5.41) is 4.55. The summed E-state index contributed by atoms with van der Waals surface area (Å²) in [6, 6.07) is 0.987. The second-order valence-corrected chi connectivity index (χ2v) is 9.90. The molecule has 2 aromatic heterocycles. The van der Waals surface area contributed by atoms with E-state index in [2.05, 4.69) is 21.9 Å². The van der Waals surface area contributed by atoms with Crippen LogP contribution in [0.5, 0.6) is 0 Å². The second-order valence-electron chi connectivity index (χ2n) is 8.02. The van der Waals surface area contributed by atoms with Gasteiger partial charge in [-0.25, -0.2) is 22.2 Å². The number of rotatable bonds is 6. The zero-order chi connectivity index (χ0) is 22.2. The zero-order valence-electron chi connectivity index (χ0n) is 17.0. The van der Waals surface area contributed by atoms with E-state index in [1.54, 1.807) is 0 Å². The highest BCUT2D eigenvalue weighted by Gasteiger charge is 2.28. The van der Waals surface area contributed by atoms with Crippen molar-refractivity contribution in [3.05, 3.63) is 40.2 Å². The third-order valence-electron chi connectivity index (χ3n) is 6.08. The van der Waals surface area contributed by atoms with Gasteiger partial charge in [0.1, 0.15) is 5.65 Å². The van der Waals surface area contributed by atoms with Crippen molar-refractivity contribution in [1.82, 2.24) is 18.8 Å². The molecular formula is C20H25F2N5O3S. The first-order chi connectivity index (χ1) is 14.8. The SMILES string of the molecule is C=CS(=O)(=O)N1CCC(Nc2ncc3cc(C(F)F)c(=O)n(C4CCCC4)c3n2)CC1.